The number of rotatable bonds is 7. The summed E-state index contributed by atoms with van der Waals surface area (Å²) >= 11 is 0. The molecule has 0 radical (unpaired) electrons. The Morgan fingerprint density at radius 1 is 0.312 bits per heavy atom. The Labute approximate surface area is 375 Å². The van der Waals surface area contributed by atoms with Crippen LogP contribution >= 0.6 is 0 Å². The zero-order valence-corrected chi connectivity index (χ0v) is 37.6. The van der Waals surface area contributed by atoms with E-state index >= 15 is 0 Å². The molecule has 7 nitrogen and oxygen atoms in total. The zero-order valence-electron chi connectivity index (χ0n) is 37.6. The third-order valence-electron chi connectivity index (χ3n) is 13.5. The van der Waals surface area contributed by atoms with E-state index in [9.17, 15) is 0 Å². The average Bonchev–Trinajstić information content (AvgIpc) is 3.36. The Kier molecular flexibility index (Phi) is 10.3. The molecule has 0 N–H and O–H groups in total. The van der Waals surface area contributed by atoms with Crippen molar-refractivity contribution in [1.29, 1.82) is 0 Å². The molecule has 0 fully saturated rings. The first-order valence-electron chi connectivity index (χ1n) is 21.9. The van der Waals surface area contributed by atoms with Gasteiger partial charge in [0.15, 0.2) is 34.9 Å². The summed E-state index contributed by atoms with van der Waals surface area (Å²) in [7, 11) is 0. The lowest BCUT2D eigenvalue weighted by molar-refractivity contribution is 0.994. The predicted octanol–water partition coefficient (Wildman–Crippen LogP) is 13.9. The summed E-state index contributed by atoms with van der Waals surface area (Å²) in [6, 6.07) is 47.1. The van der Waals surface area contributed by atoms with Crippen molar-refractivity contribution in [3.8, 4) is 68.3 Å². The van der Waals surface area contributed by atoms with E-state index in [1.807, 2.05) is 97.1 Å². The van der Waals surface area contributed by atoms with Crippen molar-refractivity contribution in [2.75, 3.05) is 4.90 Å². The minimum atomic E-state index is 0.551. The third kappa shape index (κ3) is 6.94. The van der Waals surface area contributed by atoms with Crippen LogP contribution in [0.25, 0.3) is 68.3 Å². The van der Waals surface area contributed by atoms with E-state index in [0.717, 1.165) is 45.5 Å². The van der Waals surface area contributed by atoms with Gasteiger partial charge in [0, 0.05) is 39.8 Å². The summed E-state index contributed by atoms with van der Waals surface area (Å²) in [5, 5.41) is 0. The fourth-order valence-corrected chi connectivity index (χ4v) is 9.22. The Balaban J connectivity index is 1.32. The van der Waals surface area contributed by atoms with Crippen LogP contribution in [0, 0.1) is 55.4 Å². The van der Waals surface area contributed by atoms with Crippen LogP contribution < -0.4 is 4.90 Å². The van der Waals surface area contributed by atoms with Crippen LogP contribution in [-0.2, 0) is 6.42 Å². The maximum atomic E-state index is 5.37. The molecule has 2 aromatic heterocycles. The summed E-state index contributed by atoms with van der Waals surface area (Å²) in [4.78, 5) is 33.8. The summed E-state index contributed by atoms with van der Waals surface area (Å²) in [5.74, 6) is 3.49. The van der Waals surface area contributed by atoms with Gasteiger partial charge in [-0.2, -0.15) is 0 Å². The lowest BCUT2D eigenvalue weighted by Crippen LogP contribution is -2.25. The summed E-state index contributed by atoms with van der Waals surface area (Å²) in [6.07, 6.45) is 0.855. The first-order chi connectivity index (χ1) is 31.1. The van der Waals surface area contributed by atoms with Gasteiger partial charge >= 0.3 is 0 Å². The molecule has 0 amide bonds. The molecule has 0 bridgehead atoms. The number of hydrogen-bond acceptors (Lipinski definition) is 7. The number of anilines is 3. The van der Waals surface area contributed by atoms with Crippen LogP contribution in [0.5, 0.6) is 0 Å². The Morgan fingerprint density at radius 2 is 0.625 bits per heavy atom. The van der Waals surface area contributed by atoms with Crippen molar-refractivity contribution < 1.29 is 0 Å². The molecule has 9 aromatic rings. The van der Waals surface area contributed by atoms with Crippen LogP contribution in [0.15, 0.2) is 140 Å². The zero-order chi connectivity index (χ0) is 44.2. The molecule has 64 heavy (non-hydrogen) atoms. The molecular weight excluding hydrogens is 783 g/mol. The lowest BCUT2D eigenvalue weighted by atomic mass is 9.80. The summed E-state index contributed by atoms with van der Waals surface area (Å²) in [6.45, 7) is 18.2. The number of nitrogens with zero attached hydrogens (tertiary/aromatic N) is 7. The molecule has 0 saturated heterocycles. The molecule has 0 atom stereocenters. The molecule has 7 heteroatoms. The molecular formula is C57H49N7. The van der Waals surface area contributed by atoms with Gasteiger partial charge in [0.05, 0.1) is 17.1 Å². The van der Waals surface area contributed by atoms with E-state index < -0.39 is 0 Å². The predicted molar refractivity (Wildman–Crippen MR) is 261 cm³/mol. The first kappa shape index (κ1) is 40.4. The molecule has 312 valence electrons. The van der Waals surface area contributed by atoms with Gasteiger partial charge in [-0.15, -0.1) is 0 Å². The molecule has 0 saturated carbocycles. The minimum absolute atomic E-state index is 0.551. The van der Waals surface area contributed by atoms with Crippen LogP contribution in [-0.4, -0.2) is 29.9 Å². The van der Waals surface area contributed by atoms with Crippen molar-refractivity contribution in [2.45, 2.75) is 61.8 Å². The second-order valence-electron chi connectivity index (χ2n) is 17.0. The van der Waals surface area contributed by atoms with E-state index in [1.54, 1.807) is 0 Å². The third-order valence-corrected chi connectivity index (χ3v) is 13.5. The van der Waals surface area contributed by atoms with Crippen LogP contribution in [0.2, 0.25) is 0 Å². The molecule has 0 spiro atoms. The molecule has 10 rings (SSSR count). The van der Waals surface area contributed by atoms with Crippen molar-refractivity contribution in [1.82, 2.24) is 29.9 Å². The molecule has 0 unspecified atom stereocenters. The van der Waals surface area contributed by atoms with Gasteiger partial charge in [-0.3, -0.25) is 0 Å². The van der Waals surface area contributed by atoms with Crippen LogP contribution in [0.4, 0.5) is 17.1 Å². The van der Waals surface area contributed by atoms with E-state index in [1.165, 1.54) is 67.0 Å². The van der Waals surface area contributed by atoms with Crippen LogP contribution in [0.3, 0.4) is 0 Å². The molecule has 1 aliphatic rings. The highest BCUT2D eigenvalue weighted by molar-refractivity contribution is 5.95. The monoisotopic (exact) mass is 831 g/mol. The Hall–Kier alpha value is -7.64. The molecule has 0 aliphatic carbocycles. The fourth-order valence-electron chi connectivity index (χ4n) is 9.22. The number of aromatic nitrogens is 6. The first-order valence-corrected chi connectivity index (χ1v) is 21.9. The second-order valence-corrected chi connectivity index (χ2v) is 17.0. The standard InChI is InChI=1S/C57H49N7/c1-33-35(3)39(7)50-46(37(33)5)32-47-38(6)34(2)36(4)40(8)51(47)64(50)49-30-29-45(56-60-52(41-21-13-9-14-22-41)58-53(61-56)42-23-15-10-16-24-42)31-48(49)57-62-54(43-25-17-11-18-26-43)59-55(63-57)44-27-19-12-20-28-44/h9-31H,32H2,1-8H3. The summed E-state index contributed by atoms with van der Waals surface area (Å²) < 4.78 is 0. The van der Waals surface area contributed by atoms with Gasteiger partial charge in [-0.05, 0) is 129 Å². The van der Waals surface area contributed by atoms with Gasteiger partial charge in [0.1, 0.15) is 0 Å². The smallest absolute Gasteiger partial charge is 0.166 e. The SMILES string of the molecule is Cc1c(C)c(C)c2c(c1C)Cc1c(C)c(C)c(C)c(C)c1N2c1ccc(-c2nc(-c3ccccc3)nc(-c3ccccc3)n2)cc1-c1nc(-c2ccccc2)nc(-c2ccccc2)n1. The molecule has 7 aromatic carbocycles. The highest BCUT2D eigenvalue weighted by Gasteiger charge is 2.34. The maximum absolute atomic E-state index is 5.37. The van der Waals surface area contributed by atoms with E-state index in [0.29, 0.717) is 34.9 Å². The number of fused-ring (bicyclic) bond motifs is 2. The fraction of sp³-hybridized carbons (Fsp3) is 0.158. The second kappa shape index (κ2) is 16.2. The normalized spacial score (nSPS) is 12.0. The van der Waals surface area contributed by atoms with E-state index in [2.05, 4.69) is 103 Å². The largest absolute Gasteiger partial charge is 0.309 e. The number of benzene rings is 7. The van der Waals surface area contributed by atoms with Gasteiger partial charge < -0.3 is 4.90 Å². The van der Waals surface area contributed by atoms with E-state index in [-0.39, 0.29) is 0 Å². The van der Waals surface area contributed by atoms with E-state index in [4.69, 9.17) is 29.9 Å². The quantitative estimate of drug-likeness (QED) is 0.158. The van der Waals surface area contributed by atoms with Crippen molar-refractivity contribution in [3.63, 3.8) is 0 Å². The van der Waals surface area contributed by atoms with Crippen molar-refractivity contribution in [2.24, 2.45) is 0 Å². The van der Waals surface area contributed by atoms with Gasteiger partial charge in [0.2, 0.25) is 0 Å². The minimum Gasteiger partial charge on any atom is -0.309 e. The lowest BCUT2D eigenvalue weighted by Gasteiger charge is -2.40. The van der Waals surface area contributed by atoms with Crippen molar-refractivity contribution in [3.05, 3.63) is 195 Å². The highest BCUT2D eigenvalue weighted by atomic mass is 15.2. The topological polar surface area (TPSA) is 80.6 Å². The summed E-state index contributed by atoms with van der Waals surface area (Å²) in [5.41, 5.74) is 21.8. The van der Waals surface area contributed by atoms with Crippen LogP contribution in [0.1, 0.15) is 55.6 Å². The number of hydrogen-bond donors (Lipinski definition) is 0. The molecule has 1 aliphatic heterocycles. The Morgan fingerprint density at radius 3 is 0.984 bits per heavy atom. The van der Waals surface area contributed by atoms with Gasteiger partial charge in [0.25, 0.3) is 0 Å². The Bertz CT molecular complexity index is 3070. The maximum Gasteiger partial charge on any atom is 0.166 e. The highest BCUT2D eigenvalue weighted by Crippen LogP contribution is 2.53. The average molecular weight is 832 g/mol. The van der Waals surface area contributed by atoms with Gasteiger partial charge in [-0.25, -0.2) is 29.9 Å². The molecule has 3 heterocycles. The van der Waals surface area contributed by atoms with Gasteiger partial charge in [-0.1, -0.05) is 121 Å². The van der Waals surface area contributed by atoms with Crippen molar-refractivity contribution >= 4 is 17.1 Å².